The molecular formula is C43H55N5O4S. The summed E-state index contributed by atoms with van der Waals surface area (Å²) in [6.45, 7) is 11.1. The first kappa shape index (κ1) is 39.7. The van der Waals surface area contributed by atoms with Gasteiger partial charge in [0.25, 0.3) is 5.91 Å². The molecule has 0 spiro atoms. The third-order valence-corrected chi connectivity index (χ3v) is 10.1. The number of fused-ring (bicyclic) bond motifs is 1. The van der Waals surface area contributed by atoms with E-state index >= 15 is 0 Å². The van der Waals surface area contributed by atoms with E-state index in [9.17, 15) is 9.59 Å². The quantitative estimate of drug-likeness (QED) is 0.0733. The number of carbonyl (C=O) groups is 2. The Kier molecular flexibility index (Phi) is 15.4. The minimum atomic E-state index is -0.0713. The van der Waals surface area contributed by atoms with Gasteiger partial charge in [0, 0.05) is 73.9 Å². The Morgan fingerprint density at radius 3 is 2.51 bits per heavy atom. The van der Waals surface area contributed by atoms with E-state index in [2.05, 4.69) is 82.3 Å². The number of hydrogen-bond donors (Lipinski definition) is 2. The number of hydrogen-bond acceptors (Lipinski definition) is 7. The standard InChI is InChI=1S/C43H55N5O4S/c1-5-6-25-51-26-27-52-38-16-11-33(12-17-38)34-13-20-40-36(28-34)29-35(9-7-23-48(40)30-32(2)3)43(50)46-37-14-18-39(19-15-37)53-31-41-45-21-24-47(41)22-8-10-42(49)44-4/h11-21,24,28-29,32H,5-10,22-23,25-27,30-31H2,1-4H3,(H,44,49)(H,46,50). The van der Waals surface area contributed by atoms with Crippen molar-refractivity contribution in [2.75, 3.05) is 50.2 Å². The number of ether oxygens (including phenoxy) is 2. The van der Waals surface area contributed by atoms with Gasteiger partial charge in [0.2, 0.25) is 5.91 Å². The molecule has 10 heteroatoms. The minimum Gasteiger partial charge on any atom is -0.491 e. The molecule has 53 heavy (non-hydrogen) atoms. The van der Waals surface area contributed by atoms with Gasteiger partial charge in [-0.05, 0) is 103 Å². The molecule has 0 atom stereocenters. The summed E-state index contributed by atoms with van der Waals surface area (Å²) >= 11 is 1.70. The second-order valence-electron chi connectivity index (χ2n) is 13.8. The molecule has 9 nitrogen and oxygen atoms in total. The second-order valence-corrected chi connectivity index (χ2v) is 14.9. The average molecular weight is 738 g/mol. The summed E-state index contributed by atoms with van der Waals surface area (Å²) in [6, 6.07) is 22.8. The number of unbranched alkanes of at least 4 members (excludes halogenated alkanes) is 1. The van der Waals surface area contributed by atoms with E-state index < -0.39 is 0 Å². The van der Waals surface area contributed by atoms with Crippen molar-refractivity contribution in [1.82, 2.24) is 14.9 Å². The Morgan fingerprint density at radius 1 is 0.962 bits per heavy atom. The number of thioether (sulfide) groups is 1. The summed E-state index contributed by atoms with van der Waals surface area (Å²) in [5, 5.41) is 5.83. The van der Waals surface area contributed by atoms with Crippen molar-refractivity contribution in [3.8, 4) is 16.9 Å². The lowest BCUT2D eigenvalue weighted by Crippen LogP contribution is -2.30. The van der Waals surface area contributed by atoms with E-state index in [0.29, 0.717) is 37.7 Å². The number of nitrogens with zero attached hydrogens (tertiary/aromatic N) is 3. The average Bonchev–Trinajstić information content (AvgIpc) is 3.61. The smallest absolute Gasteiger partial charge is 0.251 e. The number of benzene rings is 3. The Labute approximate surface area is 319 Å². The molecule has 282 valence electrons. The van der Waals surface area contributed by atoms with Crippen LogP contribution in [0.15, 0.2) is 89.6 Å². The zero-order valence-corrected chi connectivity index (χ0v) is 32.6. The molecule has 0 saturated carbocycles. The van der Waals surface area contributed by atoms with Gasteiger partial charge in [-0.2, -0.15) is 0 Å². The van der Waals surface area contributed by atoms with Gasteiger partial charge in [-0.25, -0.2) is 4.98 Å². The van der Waals surface area contributed by atoms with Crippen LogP contribution in [0.1, 0.15) is 70.7 Å². The van der Waals surface area contributed by atoms with Crippen LogP contribution in [0, 0.1) is 5.92 Å². The van der Waals surface area contributed by atoms with Crippen LogP contribution in [-0.4, -0.2) is 61.3 Å². The Bertz CT molecular complexity index is 1790. The molecular weight excluding hydrogens is 683 g/mol. The highest BCUT2D eigenvalue weighted by Crippen LogP contribution is 2.33. The summed E-state index contributed by atoms with van der Waals surface area (Å²) in [7, 11) is 1.66. The van der Waals surface area contributed by atoms with E-state index in [4.69, 9.17) is 9.47 Å². The predicted octanol–water partition coefficient (Wildman–Crippen LogP) is 8.84. The number of carbonyl (C=O) groups excluding carboxylic acids is 2. The Morgan fingerprint density at radius 2 is 1.75 bits per heavy atom. The number of nitrogens with one attached hydrogen (secondary N) is 2. The second kappa shape index (κ2) is 20.6. The largest absolute Gasteiger partial charge is 0.491 e. The van der Waals surface area contributed by atoms with Crippen LogP contribution >= 0.6 is 11.8 Å². The summed E-state index contributed by atoms with van der Waals surface area (Å²) < 4.78 is 13.6. The van der Waals surface area contributed by atoms with Crippen LogP contribution in [0.5, 0.6) is 5.75 Å². The van der Waals surface area contributed by atoms with Crippen molar-refractivity contribution in [3.63, 3.8) is 0 Å². The van der Waals surface area contributed by atoms with Crippen molar-refractivity contribution in [2.45, 2.75) is 76.5 Å². The topological polar surface area (TPSA) is 97.7 Å². The molecule has 0 fully saturated rings. The van der Waals surface area contributed by atoms with E-state index in [1.54, 1.807) is 25.0 Å². The van der Waals surface area contributed by atoms with E-state index in [0.717, 1.165) is 102 Å². The third-order valence-electron chi connectivity index (χ3n) is 9.14. The Balaban J connectivity index is 1.24. The van der Waals surface area contributed by atoms with E-state index in [1.165, 1.54) is 0 Å². The molecule has 1 aliphatic rings. The fourth-order valence-electron chi connectivity index (χ4n) is 6.31. The van der Waals surface area contributed by atoms with Gasteiger partial charge in [-0.3, -0.25) is 9.59 Å². The molecule has 2 N–H and O–H groups in total. The zero-order valence-electron chi connectivity index (χ0n) is 31.7. The molecule has 0 radical (unpaired) electrons. The van der Waals surface area contributed by atoms with Crippen molar-refractivity contribution >= 4 is 41.0 Å². The Hall–Kier alpha value is -4.54. The van der Waals surface area contributed by atoms with Crippen molar-refractivity contribution in [1.29, 1.82) is 0 Å². The van der Waals surface area contributed by atoms with Crippen LogP contribution in [0.25, 0.3) is 17.2 Å². The highest BCUT2D eigenvalue weighted by atomic mass is 32.2. The molecule has 5 rings (SSSR count). The molecule has 1 aromatic heterocycles. The summed E-state index contributed by atoms with van der Waals surface area (Å²) in [5.41, 5.74) is 5.94. The van der Waals surface area contributed by atoms with E-state index in [1.807, 2.05) is 42.6 Å². The molecule has 0 bridgehead atoms. The number of amides is 2. The fourth-order valence-corrected chi connectivity index (χ4v) is 7.18. The predicted molar refractivity (Wildman–Crippen MR) is 218 cm³/mol. The summed E-state index contributed by atoms with van der Waals surface area (Å²) in [6.07, 6.45) is 10.9. The SMILES string of the molecule is CCCCOCCOc1ccc(-c2ccc3c(c2)C=C(C(=O)Nc2ccc(SCc4nccn4CCCC(=O)NC)cc2)CCCN3CC(C)C)cc1. The number of anilines is 2. The molecule has 0 saturated heterocycles. The first-order valence-electron chi connectivity index (χ1n) is 19.0. The number of aromatic nitrogens is 2. The summed E-state index contributed by atoms with van der Waals surface area (Å²) in [4.78, 5) is 33.4. The van der Waals surface area contributed by atoms with Gasteiger partial charge in [0.1, 0.15) is 18.2 Å². The minimum absolute atomic E-state index is 0.0506. The monoisotopic (exact) mass is 737 g/mol. The van der Waals surface area contributed by atoms with Crippen molar-refractivity contribution < 1.29 is 19.1 Å². The molecule has 4 aromatic rings. The fraction of sp³-hybridized carbons (Fsp3) is 0.419. The lowest BCUT2D eigenvalue weighted by atomic mass is 9.96. The normalized spacial score (nSPS) is 12.8. The van der Waals surface area contributed by atoms with Crippen LogP contribution in [0.3, 0.4) is 0 Å². The van der Waals surface area contributed by atoms with Crippen LogP contribution in [0.2, 0.25) is 0 Å². The zero-order chi connectivity index (χ0) is 37.4. The molecule has 1 aliphatic heterocycles. The summed E-state index contributed by atoms with van der Waals surface area (Å²) in [5.74, 6) is 3.01. The van der Waals surface area contributed by atoms with Gasteiger partial charge in [0.05, 0.1) is 12.4 Å². The number of rotatable bonds is 19. The van der Waals surface area contributed by atoms with Crippen LogP contribution in [0.4, 0.5) is 11.4 Å². The molecule has 0 aliphatic carbocycles. The molecule has 2 amide bonds. The van der Waals surface area contributed by atoms with Gasteiger partial charge >= 0.3 is 0 Å². The number of imidazole rings is 1. The van der Waals surface area contributed by atoms with Crippen LogP contribution < -0.4 is 20.3 Å². The maximum absolute atomic E-state index is 13.7. The first-order chi connectivity index (χ1) is 25.8. The highest BCUT2D eigenvalue weighted by molar-refractivity contribution is 7.98. The first-order valence-corrected chi connectivity index (χ1v) is 20.0. The van der Waals surface area contributed by atoms with Crippen molar-refractivity contribution in [2.24, 2.45) is 5.92 Å². The van der Waals surface area contributed by atoms with Gasteiger partial charge < -0.3 is 29.6 Å². The van der Waals surface area contributed by atoms with Crippen LogP contribution in [-0.2, 0) is 26.6 Å². The van der Waals surface area contributed by atoms with Gasteiger partial charge in [0.15, 0.2) is 0 Å². The van der Waals surface area contributed by atoms with E-state index in [-0.39, 0.29) is 11.8 Å². The molecule has 3 aromatic carbocycles. The van der Waals surface area contributed by atoms with Crippen molar-refractivity contribution in [3.05, 3.63) is 96.1 Å². The molecule has 2 heterocycles. The maximum Gasteiger partial charge on any atom is 0.251 e. The highest BCUT2D eigenvalue weighted by Gasteiger charge is 2.20. The van der Waals surface area contributed by atoms with Gasteiger partial charge in [-0.1, -0.05) is 45.4 Å². The van der Waals surface area contributed by atoms with Gasteiger partial charge in [-0.15, -0.1) is 11.8 Å². The molecule has 0 unspecified atom stereocenters. The maximum atomic E-state index is 13.7. The third kappa shape index (κ3) is 12.3. The number of aryl methyl sites for hydroxylation is 1. The lowest BCUT2D eigenvalue weighted by molar-refractivity contribution is -0.120. The lowest BCUT2D eigenvalue weighted by Gasteiger charge is -2.30.